The van der Waals surface area contributed by atoms with Gasteiger partial charge in [0.05, 0.1) is 14.2 Å². The highest BCUT2D eigenvalue weighted by molar-refractivity contribution is 14.0. The molecule has 0 atom stereocenters. The van der Waals surface area contributed by atoms with Gasteiger partial charge in [0.2, 0.25) is 5.88 Å². The summed E-state index contributed by atoms with van der Waals surface area (Å²) in [6.45, 7) is 1.75. The standard InChI is InChI=1S/C25H30N4O3.HI/c1-26-25(28-15-13-19-11-12-22(30-2)23(16-19)31-3)29-17-21-10-7-14-27-24(21)32-18-20-8-5-4-6-9-20;/h4-12,14,16H,13,15,17-18H2,1-3H3,(H2,26,28,29);1H. The molecule has 7 nitrogen and oxygen atoms in total. The van der Waals surface area contributed by atoms with E-state index in [1.165, 1.54) is 0 Å². The molecule has 0 unspecified atom stereocenters. The van der Waals surface area contributed by atoms with Crippen molar-refractivity contribution < 1.29 is 14.2 Å². The van der Waals surface area contributed by atoms with Crippen LogP contribution in [0.2, 0.25) is 0 Å². The number of hydrogen-bond donors (Lipinski definition) is 2. The van der Waals surface area contributed by atoms with Crippen molar-refractivity contribution in [2.75, 3.05) is 27.8 Å². The molecular formula is C25H31IN4O3. The van der Waals surface area contributed by atoms with Crippen molar-refractivity contribution in [1.29, 1.82) is 0 Å². The van der Waals surface area contributed by atoms with Crippen LogP contribution in [0, 0.1) is 0 Å². The number of nitrogens with one attached hydrogen (secondary N) is 2. The number of methoxy groups -OCH3 is 2. The molecule has 0 aliphatic rings. The van der Waals surface area contributed by atoms with Crippen LogP contribution < -0.4 is 24.8 Å². The second-order valence-corrected chi connectivity index (χ2v) is 7.03. The van der Waals surface area contributed by atoms with Crippen molar-refractivity contribution in [2.24, 2.45) is 4.99 Å². The third kappa shape index (κ3) is 8.12. The van der Waals surface area contributed by atoms with Crippen LogP contribution in [0.5, 0.6) is 17.4 Å². The van der Waals surface area contributed by atoms with Crippen molar-refractivity contribution >= 4 is 29.9 Å². The van der Waals surface area contributed by atoms with Crippen LogP contribution in [0.15, 0.2) is 71.9 Å². The van der Waals surface area contributed by atoms with Crippen LogP contribution in [0.3, 0.4) is 0 Å². The maximum atomic E-state index is 5.94. The molecule has 0 spiro atoms. The number of guanidine groups is 1. The lowest BCUT2D eigenvalue weighted by Gasteiger charge is -2.14. The Morgan fingerprint density at radius 3 is 2.42 bits per heavy atom. The SMILES string of the molecule is CN=C(NCCc1ccc(OC)c(OC)c1)NCc1cccnc1OCc1ccccc1.I. The fourth-order valence-corrected chi connectivity index (χ4v) is 3.18. The first kappa shape index (κ1) is 26.2. The van der Waals surface area contributed by atoms with Crippen LogP contribution in [0.1, 0.15) is 16.7 Å². The molecule has 0 aliphatic heterocycles. The monoisotopic (exact) mass is 562 g/mol. The number of halogens is 1. The van der Waals surface area contributed by atoms with E-state index < -0.39 is 0 Å². The smallest absolute Gasteiger partial charge is 0.218 e. The van der Waals surface area contributed by atoms with E-state index in [0.717, 1.165) is 41.2 Å². The molecule has 0 aliphatic carbocycles. The Kier molecular flexibility index (Phi) is 11.3. The number of pyridine rings is 1. The zero-order valence-corrected chi connectivity index (χ0v) is 21.5. The lowest BCUT2D eigenvalue weighted by Crippen LogP contribution is -2.38. The van der Waals surface area contributed by atoms with E-state index >= 15 is 0 Å². The molecule has 1 aromatic heterocycles. The fraction of sp³-hybridized carbons (Fsp3) is 0.280. The summed E-state index contributed by atoms with van der Waals surface area (Å²) < 4.78 is 16.6. The molecule has 0 amide bonds. The Hall–Kier alpha value is -3.01. The van der Waals surface area contributed by atoms with Gasteiger partial charge in [0, 0.05) is 31.9 Å². The average molecular weight is 562 g/mol. The number of aliphatic imine (C=N–C) groups is 1. The Labute approximate surface area is 212 Å². The summed E-state index contributed by atoms with van der Waals surface area (Å²) in [6.07, 6.45) is 2.55. The molecule has 176 valence electrons. The van der Waals surface area contributed by atoms with Crippen molar-refractivity contribution in [3.63, 3.8) is 0 Å². The quantitative estimate of drug-likeness (QED) is 0.219. The van der Waals surface area contributed by atoms with Gasteiger partial charge in [-0.1, -0.05) is 42.5 Å². The van der Waals surface area contributed by atoms with Gasteiger partial charge in [0.1, 0.15) is 6.61 Å². The number of ether oxygens (including phenoxy) is 3. The van der Waals surface area contributed by atoms with Gasteiger partial charge in [-0.05, 0) is 35.7 Å². The Bertz CT molecular complexity index is 1020. The first-order chi connectivity index (χ1) is 15.7. The van der Waals surface area contributed by atoms with Crippen molar-refractivity contribution in [1.82, 2.24) is 15.6 Å². The molecule has 0 fully saturated rings. The Morgan fingerprint density at radius 1 is 0.909 bits per heavy atom. The lowest BCUT2D eigenvalue weighted by atomic mass is 10.1. The van der Waals surface area contributed by atoms with E-state index in [0.29, 0.717) is 25.0 Å². The minimum absolute atomic E-state index is 0. The highest BCUT2D eigenvalue weighted by Crippen LogP contribution is 2.27. The fourth-order valence-electron chi connectivity index (χ4n) is 3.18. The maximum Gasteiger partial charge on any atom is 0.218 e. The summed E-state index contributed by atoms with van der Waals surface area (Å²) in [6, 6.07) is 19.9. The van der Waals surface area contributed by atoms with Crippen LogP contribution in [0.4, 0.5) is 0 Å². The molecule has 2 N–H and O–H groups in total. The molecule has 2 aromatic carbocycles. The van der Waals surface area contributed by atoms with Gasteiger partial charge in [0.15, 0.2) is 17.5 Å². The van der Waals surface area contributed by atoms with Gasteiger partial charge >= 0.3 is 0 Å². The van der Waals surface area contributed by atoms with E-state index in [1.54, 1.807) is 27.5 Å². The zero-order chi connectivity index (χ0) is 22.6. The van der Waals surface area contributed by atoms with Crippen LogP contribution in [-0.2, 0) is 19.6 Å². The molecule has 3 rings (SSSR count). The summed E-state index contributed by atoms with van der Waals surface area (Å²) in [5.41, 5.74) is 3.21. The Morgan fingerprint density at radius 2 is 1.70 bits per heavy atom. The summed E-state index contributed by atoms with van der Waals surface area (Å²) in [5.74, 6) is 2.78. The number of hydrogen-bond acceptors (Lipinski definition) is 5. The second kappa shape index (κ2) is 14.2. The predicted octanol–water partition coefficient (Wildman–Crippen LogP) is 4.20. The van der Waals surface area contributed by atoms with Crippen molar-refractivity contribution in [2.45, 2.75) is 19.6 Å². The summed E-state index contributed by atoms with van der Waals surface area (Å²) in [4.78, 5) is 8.69. The van der Waals surface area contributed by atoms with Gasteiger partial charge in [-0.25, -0.2) is 4.98 Å². The molecule has 1 heterocycles. The van der Waals surface area contributed by atoms with Gasteiger partial charge < -0.3 is 24.8 Å². The Balaban J connectivity index is 0.00000385. The number of rotatable bonds is 10. The molecular weight excluding hydrogens is 531 g/mol. The molecule has 0 saturated carbocycles. The first-order valence-corrected chi connectivity index (χ1v) is 10.5. The zero-order valence-electron chi connectivity index (χ0n) is 19.2. The molecule has 0 radical (unpaired) electrons. The predicted molar refractivity (Wildman–Crippen MR) is 142 cm³/mol. The number of aromatic nitrogens is 1. The van der Waals surface area contributed by atoms with E-state index in [2.05, 4.69) is 20.6 Å². The topological polar surface area (TPSA) is 77.0 Å². The minimum Gasteiger partial charge on any atom is -0.493 e. The minimum atomic E-state index is 0. The van der Waals surface area contributed by atoms with Gasteiger partial charge in [-0.2, -0.15) is 0 Å². The van der Waals surface area contributed by atoms with E-state index in [1.807, 2.05) is 60.7 Å². The van der Waals surface area contributed by atoms with Gasteiger partial charge in [0.25, 0.3) is 0 Å². The third-order valence-electron chi connectivity index (χ3n) is 4.89. The van der Waals surface area contributed by atoms with E-state index in [-0.39, 0.29) is 24.0 Å². The summed E-state index contributed by atoms with van der Waals surface area (Å²) >= 11 is 0. The van der Waals surface area contributed by atoms with Crippen LogP contribution >= 0.6 is 24.0 Å². The largest absolute Gasteiger partial charge is 0.493 e. The average Bonchev–Trinajstić information content (AvgIpc) is 2.85. The second-order valence-electron chi connectivity index (χ2n) is 7.03. The van der Waals surface area contributed by atoms with Crippen LogP contribution in [-0.4, -0.2) is 38.8 Å². The molecule has 33 heavy (non-hydrogen) atoms. The highest BCUT2D eigenvalue weighted by Gasteiger charge is 2.08. The van der Waals surface area contributed by atoms with E-state index in [4.69, 9.17) is 14.2 Å². The van der Waals surface area contributed by atoms with Crippen LogP contribution in [0.25, 0.3) is 0 Å². The summed E-state index contributed by atoms with van der Waals surface area (Å²) in [5, 5.41) is 6.66. The van der Waals surface area contributed by atoms with Crippen molar-refractivity contribution in [3.8, 4) is 17.4 Å². The third-order valence-corrected chi connectivity index (χ3v) is 4.89. The molecule has 3 aromatic rings. The highest BCUT2D eigenvalue weighted by atomic mass is 127. The molecule has 0 saturated heterocycles. The van der Waals surface area contributed by atoms with E-state index in [9.17, 15) is 0 Å². The van der Waals surface area contributed by atoms with Gasteiger partial charge in [-0.3, -0.25) is 4.99 Å². The lowest BCUT2D eigenvalue weighted by molar-refractivity contribution is 0.290. The normalized spacial score (nSPS) is 10.7. The molecule has 8 heteroatoms. The van der Waals surface area contributed by atoms with Gasteiger partial charge in [-0.15, -0.1) is 24.0 Å². The molecule has 0 bridgehead atoms. The number of benzene rings is 2. The number of nitrogens with zero attached hydrogens (tertiary/aromatic N) is 2. The van der Waals surface area contributed by atoms with Crippen molar-refractivity contribution in [3.05, 3.63) is 83.6 Å². The maximum absolute atomic E-state index is 5.94. The first-order valence-electron chi connectivity index (χ1n) is 10.5. The summed E-state index contributed by atoms with van der Waals surface area (Å²) in [7, 11) is 5.03.